The number of benzene rings is 1. The number of anilines is 1. The number of halogens is 1. The summed E-state index contributed by atoms with van der Waals surface area (Å²) in [6.45, 7) is 5.34. The molecule has 24 heavy (non-hydrogen) atoms. The first-order valence-corrected chi connectivity index (χ1v) is 7.88. The second kappa shape index (κ2) is 6.60. The smallest absolute Gasteiger partial charge is 0.322 e. The molecule has 1 saturated heterocycles. The topological polar surface area (TPSA) is 59.4 Å². The standard InChI is InChI=1S/C17H21FN4O2/c1-11-16(12(2)21(3)20-11)15-10-24-9-8-22(15)17(23)19-14-6-4-13(18)5-7-14/h4-7,15H,8-10H2,1-3H3,(H,19,23)/t15-/m1/s1. The van der Waals surface area contributed by atoms with Gasteiger partial charge in [0.2, 0.25) is 0 Å². The van der Waals surface area contributed by atoms with Crippen molar-refractivity contribution in [2.45, 2.75) is 19.9 Å². The lowest BCUT2D eigenvalue weighted by molar-refractivity contribution is 0.0143. The predicted octanol–water partition coefficient (Wildman–Crippen LogP) is 2.78. The van der Waals surface area contributed by atoms with Crippen molar-refractivity contribution in [3.05, 3.63) is 47.0 Å². The molecule has 2 heterocycles. The maximum absolute atomic E-state index is 13.0. The van der Waals surface area contributed by atoms with E-state index in [1.165, 1.54) is 12.1 Å². The van der Waals surface area contributed by atoms with Gasteiger partial charge in [-0.15, -0.1) is 0 Å². The van der Waals surface area contributed by atoms with Crippen molar-refractivity contribution in [3.63, 3.8) is 0 Å². The minimum atomic E-state index is -0.334. The first kappa shape index (κ1) is 16.4. The fourth-order valence-corrected chi connectivity index (χ4v) is 3.09. The van der Waals surface area contributed by atoms with Gasteiger partial charge in [-0.3, -0.25) is 4.68 Å². The second-order valence-corrected chi connectivity index (χ2v) is 5.93. The van der Waals surface area contributed by atoms with E-state index in [-0.39, 0.29) is 17.9 Å². The van der Waals surface area contributed by atoms with Gasteiger partial charge in [-0.25, -0.2) is 9.18 Å². The molecule has 1 aromatic heterocycles. The summed E-state index contributed by atoms with van der Waals surface area (Å²) in [4.78, 5) is 14.5. The van der Waals surface area contributed by atoms with E-state index in [9.17, 15) is 9.18 Å². The molecule has 1 aliphatic heterocycles. The van der Waals surface area contributed by atoms with Crippen LogP contribution in [0, 0.1) is 19.7 Å². The molecule has 0 bridgehead atoms. The van der Waals surface area contributed by atoms with Gasteiger partial charge >= 0.3 is 6.03 Å². The van der Waals surface area contributed by atoms with Gasteiger partial charge in [0, 0.05) is 30.5 Å². The zero-order chi connectivity index (χ0) is 17.3. The van der Waals surface area contributed by atoms with Crippen molar-refractivity contribution in [1.82, 2.24) is 14.7 Å². The number of rotatable bonds is 2. The normalized spacial score (nSPS) is 17.8. The highest BCUT2D eigenvalue weighted by molar-refractivity contribution is 5.89. The zero-order valence-corrected chi connectivity index (χ0v) is 14.0. The quantitative estimate of drug-likeness (QED) is 0.920. The van der Waals surface area contributed by atoms with Crippen LogP contribution >= 0.6 is 0 Å². The first-order valence-electron chi connectivity index (χ1n) is 7.88. The molecule has 0 saturated carbocycles. The number of hydrogen-bond acceptors (Lipinski definition) is 3. The summed E-state index contributed by atoms with van der Waals surface area (Å²) in [6.07, 6.45) is 0. The van der Waals surface area contributed by atoms with Gasteiger partial charge in [0.25, 0.3) is 0 Å². The van der Waals surface area contributed by atoms with Gasteiger partial charge in [0.1, 0.15) is 5.82 Å². The monoisotopic (exact) mass is 332 g/mol. The van der Waals surface area contributed by atoms with E-state index in [0.717, 1.165) is 17.0 Å². The number of hydrogen-bond donors (Lipinski definition) is 1. The van der Waals surface area contributed by atoms with E-state index >= 15 is 0 Å². The molecule has 1 N–H and O–H groups in total. The molecule has 2 aromatic rings. The highest BCUT2D eigenvalue weighted by Gasteiger charge is 2.32. The van der Waals surface area contributed by atoms with Crippen molar-refractivity contribution in [1.29, 1.82) is 0 Å². The third kappa shape index (κ3) is 3.12. The van der Waals surface area contributed by atoms with Crippen molar-refractivity contribution < 1.29 is 13.9 Å². The zero-order valence-electron chi connectivity index (χ0n) is 14.0. The summed E-state index contributed by atoms with van der Waals surface area (Å²) < 4.78 is 20.4. The number of aryl methyl sites for hydroxylation is 2. The summed E-state index contributed by atoms with van der Waals surface area (Å²) in [5.41, 5.74) is 3.49. The Morgan fingerprint density at radius 1 is 1.33 bits per heavy atom. The second-order valence-electron chi connectivity index (χ2n) is 5.93. The van der Waals surface area contributed by atoms with Gasteiger partial charge in [0.15, 0.2) is 0 Å². The number of carbonyl (C=O) groups is 1. The molecule has 3 rings (SSSR count). The van der Waals surface area contributed by atoms with Crippen LogP contribution in [0.3, 0.4) is 0 Å². The third-order valence-corrected chi connectivity index (χ3v) is 4.38. The van der Waals surface area contributed by atoms with Gasteiger partial charge in [-0.1, -0.05) is 0 Å². The lowest BCUT2D eigenvalue weighted by Crippen LogP contribution is -2.45. The maximum Gasteiger partial charge on any atom is 0.322 e. The number of nitrogens with zero attached hydrogens (tertiary/aromatic N) is 3. The Labute approximate surface area is 140 Å². The Morgan fingerprint density at radius 2 is 2.04 bits per heavy atom. The predicted molar refractivity (Wildman–Crippen MR) is 88.4 cm³/mol. The van der Waals surface area contributed by atoms with E-state index in [2.05, 4.69) is 10.4 Å². The van der Waals surface area contributed by atoms with Crippen LogP contribution < -0.4 is 5.32 Å². The fourth-order valence-electron chi connectivity index (χ4n) is 3.09. The van der Waals surface area contributed by atoms with Crippen molar-refractivity contribution in [2.24, 2.45) is 7.05 Å². The Morgan fingerprint density at radius 3 is 2.67 bits per heavy atom. The third-order valence-electron chi connectivity index (χ3n) is 4.38. The minimum absolute atomic E-state index is 0.187. The Bertz CT molecular complexity index is 742. The van der Waals surface area contributed by atoms with Gasteiger partial charge in [0.05, 0.1) is 24.9 Å². The first-order chi connectivity index (χ1) is 11.5. The van der Waals surface area contributed by atoms with Gasteiger partial charge < -0.3 is 15.0 Å². The van der Waals surface area contributed by atoms with E-state index < -0.39 is 0 Å². The Balaban J connectivity index is 1.84. The minimum Gasteiger partial charge on any atom is -0.377 e. The highest BCUT2D eigenvalue weighted by Crippen LogP contribution is 2.29. The molecule has 2 amide bonds. The largest absolute Gasteiger partial charge is 0.377 e. The summed E-state index contributed by atoms with van der Waals surface area (Å²) in [5, 5.41) is 7.26. The summed E-state index contributed by atoms with van der Waals surface area (Å²) in [7, 11) is 1.89. The average Bonchev–Trinajstić information content (AvgIpc) is 2.82. The summed E-state index contributed by atoms with van der Waals surface area (Å²) >= 11 is 0. The molecule has 7 heteroatoms. The maximum atomic E-state index is 13.0. The Hall–Kier alpha value is -2.41. The Kier molecular flexibility index (Phi) is 4.53. The summed E-state index contributed by atoms with van der Waals surface area (Å²) in [5.74, 6) is -0.334. The van der Waals surface area contributed by atoms with Crippen LogP contribution in [0.5, 0.6) is 0 Å². The molecule has 0 radical (unpaired) electrons. The van der Waals surface area contributed by atoms with Gasteiger partial charge in [-0.2, -0.15) is 5.10 Å². The molecule has 0 unspecified atom stereocenters. The van der Waals surface area contributed by atoms with Crippen molar-refractivity contribution >= 4 is 11.7 Å². The molecule has 1 aliphatic rings. The fraction of sp³-hybridized carbons (Fsp3) is 0.412. The number of nitrogens with one attached hydrogen (secondary N) is 1. The number of amides is 2. The lowest BCUT2D eigenvalue weighted by atomic mass is 10.0. The van der Waals surface area contributed by atoms with Crippen LogP contribution in [0.1, 0.15) is 23.0 Å². The number of urea groups is 1. The van der Waals surface area contributed by atoms with Gasteiger partial charge in [-0.05, 0) is 38.1 Å². The van der Waals surface area contributed by atoms with Crippen LogP contribution in [0.25, 0.3) is 0 Å². The van der Waals surface area contributed by atoms with Crippen LogP contribution in [-0.4, -0.2) is 40.5 Å². The molecule has 1 atom stereocenters. The molecule has 1 aromatic carbocycles. The molecule has 0 spiro atoms. The van der Waals surface area contributed by atoms with Crippen LogP contribution in [0.4, 0.5) is 14.9 Å². The number of aromatic nitrogens is 2. The molecule has 0 aliphatic carbocycles. The van der Waals surface area contributed by atoms with Crippen LogP contribution in [0.15, 0.2) is 24.3 Å². The number of ether oxygens (including phenoxy) is 1. The van der Waals surface area contributed by atoms with E-state index in [1.54, 1.807) is 17.0 Å². The van der Waals surface area contributed by atoms with Crippen molar-refractivity contribution in [3.8, 4) is 0 Å². The molecule has 1 fully saturated rings. The molecular formula is C17H21FN4O2. The SMILES string of the molecule is Cc1nn(C)c(C)c1[C@H]1COCCN1C(=O)Nc1ccc(F)cc1. The number of morpholine rings is 1. The van der Waals surface area contributed by atoms with Crippen LogP contribution in [-0.2, 0) is 11.8 Å². The van der Waals surface area contributed by atoms with E-state index in [4.69, 9.17) is 4.74 Å². The highest BCUT2D eigenvalue weighted by atomic mass is 19.1. The van der Waals surface area contributed by atoms with E-state index in [0.29, 0.717) is 25.4 Å². The van der Waals surface area contributed by atoms with Crippen molar-refractivity contribution in [2.75, 3.05) is 25.1 Å². The lowest BCUT2D eigenvalue weighted by Gasteiger charge is -2.36. The summed E-state index contributed by atoms with van der Waals surface area (Å²) in [6, 6.07) is 5.32. The molecule has 6 nitrogen and oxygen atoms in total. The number of carbonyl (C=O) groups excluding carboxylic acids is 1. The molecular weight excluding hydrogens is 311 g/mol. The van der Waals surface area contributed by atoms with Crippen LogP contribution in [0.2, 0.25) is 0 Å². The average molecular weight is 332 g/mol. The molecule has 128 valence electrons. The van der Waals surface area contributed by atoms with E-state index in [1.807, 2.05) is 25.6 Å².